The van der Waals surface area contributed by atoms with Crippen molar-refractivity contribution in [3.8, 4) is 0 Å². The molecule has 86 valence electrons. The van der Waals surface area contributed by atoms with Crippen LogP contribution in [-0.4, -0.2) is 23.7 Å². The predicted octanol–water partition coefficient (Wildman–Crippen LogP) is 2.05. The van der Waals surface area contributed by atoms with Crippen LogP contribution in [0.25, 0.3) is 0 Å². The molecule has 0 saturated carbocycles. The second-order valence-corrected chi connectivity index (χ2v) is 5.07. The Balaban J connectivity index is 2.54. The van der Waals surface area contributed by atoms with Crippen molar-refractivity contribution in [3.05, 3.63) is 15.6 Å². The Labute approximate surface area is 95.7 Å². The number of hydrogen-bond acceptors (Lipinski definition) is 4. The standard InChI is InChI=1S/C11H20N2OS/c1-5-14-8(3)10(12)6-11-13-7(2)9(4)15-11/h8,10H,5-6,12H2,1-4H3. The first kappa shape index (κ1) is 12.6. The second-order valence-electron chi connectivity index (χ2n) is 3.78. The molecule has 0 amide bonds. The zero-order chi connectivity index (χ0) is 11.4. The van der Waals surface area contributed by atoms with Crippen LogP contribution in [0.1, 0.15) is 29.4 Å². The maximum absolute atomic E-state index is 6.04. The minimum Gasteiger partial charge on any atom is -0.377 e. The Morgan fingerprint density at radius 1 is 1.47 bits per heavy atom. The van der Waals surface area contributed by atoms with Gasteiger partial charge in [0.15, 0.2) is 0 Å². The minimum atomic E-state index is 0.0369. The molecule has 4 heteroatoms. The van der Waals surface area contributed by atoms with E-state index in [9.17, 15) is 0 Å². The van der Waals surface area contributed by atoms with Crippen molar-refractivity contribution in [1.29, 1.82) is 0 Å². The summed E-state index contributed by atoms with van der Waals surface area (Å²) in [6, 6.07) is 0.0369. The second kappa shape index (κ2) is 5.58. The molecule has 1 rings (SSSR count). The van der Waals surface area contributed by atoms with Crippen LogP contribution in [0.4, 0.5) is 0 Å². The van der Waals surface area contributed by atoms with E-state index in [-0.39, 0.29) is 12.1 Å². The fourth-order valence-corrected chi connectivity index (χ4v) is 2.39. The average molecular weight is 228 g/mol. The van der Waals surface area contributed by atoms with E-state index in [0.29, 0.717) is 6.61 Å². The fourth-order valence-electron chi connectivity index (χ4n) is 1.38. The van der Waals surface area contributed by atoms with Gasteiger partial charge in [-0.15, -0.1) is 11.3 Å². The Morgan fingerprint density at radius 3 is 2.60 bits per heavy atom. The summed E-state index contributed by atoms with van der Waals surface area (Å²) in [5.74, 6) is 0. The molecule has 2 unspecified atom stereocenters. The van der Waals surface area contributed by atoms with Gasteiger partial charge < -0.3 is 10.5 Å². The summed E-state index contributed by atoms with van der Waals surface area (Å²) in [5, 5.41) is 1.11. The molecule has 1 heterocycles. The van der Waals surface area contributed by atoms with Gasteiger partial charge in [0.05, 0.1) is 16.8 Å². The monoisotopic (exact) mass is 228 g/mol. The SMILES string of the molecule is CCOC(C)C(N)Cc1nc(C)c(C)s1. The lowest BCUT2D eigenvalue weighted by Gasteiger charge is -2.18. The third-order valence-corrected chi connectivity index (χ3v) is 3.61. The Kier molecular flexibility index (Phi) is 4.70. The van der Waals surface area contributed by atoms with Gasteiger partial charge in [-0.05, 0) is 27.7 Å². The highest BCUT2D eigenvalue weighted by Gasteiger charge is 2.15. The van der Waals surface area contributed by atoms with Gasteiger partial charge in [0.2, 0.25) is 0 Å². The largest absolute Gasteiger partial charge is 0.377 e. The summed E-state index contributed by atoms with van der Waals surface area (Å²) in [6.45, 7) is 8.84. The van der Waals surface area contributed by atoms with Crippen molar-refractivity contribution in [2.75, 3.05) is 6.61 Å². The minimum absolute atomic E-state index is 0.0369. The van der Waals surface area contributed by atoms with Crippen molar-refractivity contribution in [2.45, 2.75) is 46.3 Å². The van der Waals surface area contributed by atoms with Crippen LogP contribution < -0.4 is 5.73 Å². The number of aromatic nitrogens is 1. The van der Waals surface area contributed by atoms with E-state index in [1.54, 1.807) is 11.3 Å². The molecule has 0 spiro atoms. The number of nitrogens with two attached hydrogens (primary N) is 1. The summed E-state index contributed by atoms with van der Waals surface area (Å²) in [4.78, 5) is 5.75. The normalized spacial score (nSPS) is 15.3. The van der Waals surface area contributed by atoms with E-state index in [2.05, 4.69) is 11.9 Å². The van der Waals surface area contributed by atoms with E-state index < -0.39 is 0 Å². The molecule has 15 heavy (non-hydrogen) atoms. The highest BCUT2D eigenvalue weighted by Crippen LogP contribution is 2.18. The Hall–Kier alpha value is -0.450. The van der Waals surface area contributed by atoms with Crippen LogP contribution in [0.5, 0.6) is 0 Å². The lowest BCUT2D eigenvalue weighted by molar-refractivity contribution is 0.0577. The van der Waals surface area contributed by atoms with Crippen molar-refractivity contribution < 1.29 is 4.74 Å². The third-order valence-electron chi connectivity index (χ3n) is 2.52. The quantitative estimate of drug-likeness (QED) is 0.839. The molecule has 0 aromatic carbocycles. The van der Waals surface area contributed by atoms with E-state index in [1.165, 1.54) is 4.88 Å². The van der Waals surface area contributed by atoms with Gasteiger partial charge in [0.25, 0.3) is 0 Å². The molecule has 0 saturated heterocycles. The van der Waals surface area contributed by atoms with Gasteiger partial charge in [-0.3, -0.25) is 0 Å². The van der Waals surface area contributed by atoms with Gasteiger partial charge in [0, 0.05) is 23.9 Å². The Bertz CT molecular complexity index is 292. The van der Waals surface area contributed by atoms with Crippen LogP contribution in [0, 0.1) is 13.8 Å². The fraction of sp³-hybridized carbons (Fsp3) is 0.727. The van der Waals surface area contributed by atoms with Gasteiger partial charge in [-0.2, -0.15) is 0 Å². The molecule has 2 N–H and O–H groups in total. The summed E-state index contributed by atoms with van der Waals surface area (Å²) in [5.41, 5.74) is 7.15. The number of rotatable bonds is 5. The maximum atomic E-state index is 6.04. The number of hydrogen-bond donors (Lipinski definition) is 1. The molecular weight excluding hydrogens is 208 g/mol. The maximum Gasteiger partial charge on any atom is 0.0947 e. The van der Waals surface area contributed by atoms with E-state index in [1.807, 2.05) is 20.8 Å². The molecule has 1 aromatic heterocycles. The average Bonchev–Trinajstić information content (AvgIpc) is 2.46. The van der Waals surface area contributed by atoms with Crippen LogP contribution >= 0.6 is 11.3 Å². The van der Waals surface area contributed by atoms with Gasteiger partial charge in [0.1, 0.15) is 0 Å². The molecule has 3 nitrogen and oxygen atoms in total. The molecule has 2 atom stereocenters. The lowest BCUT2D eigenvalue weighted by atomic mass is 10.1. The van der Waals surface area contributed by atoms with E-state index in [0.717, 1.165) is 17.1 Å². The third kappa shape index (κ3) is 3.55. The molecular formula is C11H20N2OS. The predicted molar refractivity (Wildman–Crippen MR) is 64.4 cm³/mol. The summed E-state index contributed by atoms with van der Waals surface area (Å²) in [6.07, 6.45) is 0.903. The van der Waals surface area contributed by atoms with Crippen LogP contribution in [0.2, 0.25) is 0 Å². The van der Waals surface area contributed by atoms with Crippen LogP contribution in [0.15, 0.2) is 0 Å². The molecule has 0 fully saturated rings. The Morgan fingerprint density at radius 2 is 2.13 bits per heavy atom. The number of ether oxygens (including phenoxy) is 1. The number of thiazole rings is 1. The summed E-state index contributed by atoms with van der Waals surface area (Å²) >= 11 is 1.73. The zero-order valence-electron chi connectivity index (χ0n) is 9.91. The first-order valence-corrected chi connectivity index (χ1v) is 6.16. The smallest absolute Gasteiger partial charge is 0.0947 e. The highest BCUT2D eigenvalue weighted by molar-refractivity contribution is 7.11. The van der Waals surface area contributed by atoms with Crippen molar-refractivity contribution in [2.24, 2.45) is 5.73 Å². The van der Waals surface area contributed by atoms with Gasteiger partial charge in [-0.25, -0.2) is 4.98 Å². The summed E-state index contributed by atoms with van der Waals surface area (Å²) < 4.78 is 5.46. The van der Waals surface area contributed by atoms with Crippen LogP contribution in [-0.2, 0) is 11.2 Å². The number of aryl methyl sites for hydroxylation is 2. The van der Waals surface area contributed by atoms with Gasteiger partial charge in [-0.1, -0.05) is 0 Å². The number of nitrogens with zero attached hydrogens (tertiary/aromatic N) is 1. The molecule has 0 bridgehead atoms. The first-order valence-electron chi connectivity index (χ1n) is 5.34. The van der Waals surface area contributed by atoms with Crippen molar-refractivity contribution in [1.82, 2.24) is 4.98 Å². The van der Waals surface area contributed by atoms with E-state index in [4.69, 9.17) is 10.5 Å². The molecule has 1 aromatic rings. The lowest BCUT2D eigenvalue weighted by Crippen LogP contribution is -2.36. The van der Waals surface area contributed by atoms with Crippen molar-refractivity contribution in [3.63, 3.8) is 0 Å². The topological polar surface area (TPSA) is 48.1 Å². The van der Waals surface area contributed by atoms with Crippen LogP contribution in [0.3, 0.4) is 0 Å². The van der Waals surface area contributed by atoms with Gasteiger partial charge >= 0.3 is 0 Å². The molecule has 0 radical (unpaired) electrons. The molecule has 0 aliphatic rings. The molecule has 0 aliphatic heterocycles. The highest BCUT2D eigenvalue weighted by atomic mass is 32.1. The summed E-state index contributed by atoms with van der Waals surface area (Å²) in [7, 11) is 0. The molecule has 0 aliphatic carbocycles. The first-order chi connectivity index (χ1) is 7.04. The van der Waals surface area contributed by atoms with Crippen molar-refractivity contribution >= 4 is 11.3 Å². The zero-order valence-corrected chi connectivity index (χ0v) is 10.7. The van der Waals surface area contributed by atoms with E-state index >= 15 is 0 Å².